The third-order valence-corrected chi connectivity index (χ3v) is 5.16. The molecule has 0 saturated heterocycles. The molecule has 25 heavy (non-hydrogen) atoms. The molecule has 128 valence electrons. The van der Waals surface area contributed by atoms with E-state index in [0.717, 1.165) is 10.0 Å². The lowest BCUT2D eigenvalue weighted by molar-refractivity contribution is -0.113. The highest BCUT2D eigenvalue weighted by atomic mass is 32.2. The number of aromatic hydroxyl groups is 1. The number of rotatable bonds is 6. The lowest BCUT2D eigenvalue weighted by Gasteiger charge is -2.03. The summed E-state index contributed by atoms with van der Waals surface area (Å²) in [5.41, 5.74) is 2.78. The minimum absolute atomic E-state index is 0.140. The highest BCUT2D eigenvalue weighted by Gasteiger charge is 2.09. The van der Waals surface area contributed by atoms with Gasteiger partial charge in [0.15, 0.2) is 4.34 Å². The molecule has 0 unspecified atom stereocenters. The number of aromatic nitrogens is 2. The van der Waals surface area contributed by atoms with Crippen LogP contribution < -0.4 is 10.6 Å². The average Bonchev–Trinajstić information content (AvgIpc) is 3.05. The van der Waals surface area contributed by atoms with Gasteiger partial charge in [0.1, 0.15) is 5.75 Å². The minimum Gasteiger partial charge on any atom is -0.508 e. The monoisotopic (exact) mass is 372 g/mol. The van der Waals surface area contributed by atoms with Crippen molar-refractivity contribution < 1.29 is 9.90 Å². The molecular weight excluding hydrogens is 356 g/mol. The molecule has 3 N–H and O–H groups in total. The Balaban J connectivity index is 1.50. The molecule has 0 saturated carbocycles. The smallest absolute Gasteiger partial charge is 0.234 e. The van der Waals surface area contributed by atoms with Crippen molar-refractivity contribution in [2.45, 2.75) is 11.3 Å². The molecule has 0 aliphatic carbocycles. The van der Waals surface area contributed by atoms with Crippen LogP contribution in [0.1, 0.15) is 5.56 Å². The summed E-state index contributed by atoms with van der Waals surface area (Å²) in [6.07, 6.45) is 0. The number of phenols is 1. The normalized spacial score (nSPS) is 10.4. The highest BCUT2D eigenvalue weighted by molar-refractivity contribution is 8.01. The summed E-state index contributed by atoms with van der Waals surface area (Å²) >= 11 is 2.73. The molecule has 0 bridgehead atoms. The van der Waals surface area contributed by atoms with E-state index in [2.05, 4.69) is 20.8 Å². The maximum Gasteiger partial charge on any atom is 0.234 e. The first-order valence-electron chi connectivity index (χ1n) is 7.47. The van der Waals surface area contributed by atoms with Crippen LogP contribution in [-0.2, 0) is 4.79 Å². The molecule has 1 amide bonds. The number of hydrogen-bond acceptors (Lipinski definition) is 7. The second-order valence-corrected chi connectivity index (χ2v) is 7.45. The molecule has 3 aromatic rings. The van der Waals surface area contributed by atoms with E-state index in [9.17, 15) is 9.90 Å². The number of aryl methyl sites for hydroxylation is 1. The van der Waals surface area contributed by atoms with Gasteiger partial charge in [-0.05, 0) is 43.3 Å². The van der Waals surface area contributed by atoms with Crippen molar-refractivity contribution in [2.75, 3.05) is 16.4 Å². The van der Waals surface area contributed by atoms with Gasteiger partial charge in [0, 0.05) is 11.4 Å². The van der Waals surface area contributed by atoms with E-state index in [-0.39, 0.29) is 17.4 Å². The van der Waals surface area contributed by atoms with Gasteiger partial charge in [-0.2, -0.15) is 0 Å². The zero-order chi connectivity index (χ0) is 17.6. The first-order valence-corrected chi connectivity index (χ1v) is 9.27. The van der Waals surface area contributed by atoms with E-state index < -0.39 is 0 Å². The lowest BCUT2D eigenvalue weighted by atomic mass is 10.2. The molecule has 6 nitrogen and oxygen atoms in total. The second-order valence-electron chi connectivity index (χ2n) is 5.25. The van der Waals surface area contributed by atoms with Crippen molar-refractivity contribution >= 4 is 45.5 Å². The van der Waals surface area contributed by atoms with E-state index in [0.29, 0.717) is 10.8 Å². The predicted octanol–water partition coefficient (Wildman–Crippen LogP) is 4.03. The van der Waals surface area contributed by atoms with Crippen LogP contribution in [0.3, 0.4) is 0 Å². The standard InChI is InChI=1S/C17H16N4O2S2/c1-11-2-4-13(5-3-11)19-16-20-21-17(25-16)24-10-15(23)18-12-6-8-14(22)9-7-12/h2-9,22H,10H2,1H3,(H,18,23)(H,19,20). The number of carbonyl (C=O) groups is 1. The number of hydrogen-bond donors (Lipinski definition) is 3. The number of anilines is 3. The van der Waals surface area contributed by atoms with Crippen molar-refractivity contribution in [1.29, 1.82) is 0 Å². The Hall–Kier alpha value is -2.58. The maximum absolute atomic E-state index is 11.9. The summed E-state index contributed by atoms with van der Waals surface area (Å²) < 4.78 is 0.718. The van der Waals surface area contributed by atoms with Crippen molar-refractivity contribution in [1.82, 2.24) is 10.2 Å². The number of thioether (sulfide) groups is 1. The van der Waals surface area contributed by atoms with E-state index >= 15 is 0 Å². The Morgan fingerprint density at radius 3 is 2.48 bits per heavy atom. The number of nitrogens with one attached hydrogen (secondary N) is 2. The van der Waals surface area contributed by atoms with Crippen molar-refractivity contribution in [2.24, 2.45) is 0 Å². The van der Waals surface area contributed by atoms with Crippen LogP contribution in [0.2, 0.25) is 0 Å². The molecule has 3 rings (SSSR count). The molecule has 2 aromatic carbocycles. The molecular formula is C17H16N4O2S2. The molecule has 0 radical (unpaired) electrons. The Morgan fingerprint density at radius 2 is 1.76 bits per heavy atom. The molecule has 1 aromatic heterocycles. The molecule has 8 heteroatoms. The molecule has 0 spiro atoms. The van der Waals surface area contributed by atoms with E-state index in [4.69, 9.17) is 0 Å². The average molecular weight is 372 g/mol. The van der Waals surface area contributed by atoms with Crippen LogP contribution in [0.25, 0.3) is 0 Å². The SMILES string of the molecule is Cc1ccc(Nc2nnc(SCC(=O)Nc3ccc(O)cc3)s2)cc1. The fourth-order valence-electron chi connectivity index (χ4n) is 1.95. The summed E-state index contributed by atoms with van der Waals surface area (Å²) in [5, 5.41) is 24.0. The Morgan fingerprint density at radius 1 is 1.08 bits per heavy atom. The van der Waals surface area contributed by atoms with Gasteiger partial charge >= 0.3 is 0 Å². The number of benzene rings is 2. The van der Waals surface area contributed by atoms with Gasteiger partial charge in [-0.1, -0.05) is 40.8 Å². The zero-order valence-corrected chi connectivity index (χ0v) is 15.0. The fraction of sp³-hybridized carbons (Fsp3) is 0.118. The third-order valence-electron chi connectivity index (χ3n) is 3.19. The van der Waals surface area contributed by atoms with Crippen molar-refractivity contribution in [3.63, 3.8) is 0 Å². The summed E-state index contributed by atoms with van der Waals surface area (Å²) in [6.45, 7) is 2.03. The lowest BCUT2D eigenvalue weighted by Crippen LogP contribution is -2.13. The van der Waals surface area contributed by atoms with Gasteiger partial charge in [-0.15, -0.1) is 10.2 Å². The van der Waals surface area contributed by atoms with Crippen LogP contribution in [0.4, 0.5) is 16.5 Å². The summed E-state index contributed by atoms with van der Waals surface area (Å²) in [5.74, 6) is 0.258. The van der Waals surface area contributed by atoms with Crippen LogP contribution >= 0.6 is 23.1 Å². The zero-order valence-electron chi connectivity index (χ0n) is 13.4. The molecule has 0 fully saturated rings. The Kier molecular flexibility index (Phi) is 5.52. The van der Waals surface area contributed by atoms with Gasteiger partial charge in [0.05, 0.1) is 5.75 Å². The van der Waals surface area contributed by atoms with Crippen molar-refractivity contribution in [3.05, 3.63) is 54.1 Å². The number of phenolic OH excluding ortho intramolecular Hbond substituents is 1. The Bertz CT molecular complexity index is 848. The fourth-order valence-corrected chi connectivity index (χ4v) is 3.52. The topological polar surface area (TPSA) is 87.1 Å². The molecule has 0 aliphatic rings. The maximum atomic E-state index is 11.9. The minimum atomic E-state index is -0.140. The van der Waals surface area contributed by atoms with E-state index in [1.807, 2.05) is 31.2 Å². The molecule has 0 atom stereocenters. The number of amides is 1. The van der Waals surface area contributed by atoms with Gasteiger partial charge < -0.3 is 15.7 Å². The Labute approximate surface area is 153 Å². The summed E-state index contributed by atoms with van der Waals surface area (Å²) in [6, 6.07) is 14.3. The van der Waals surface area contributed by atoms with Crippen LogP contribution in [0.5, 0.6) is 5.75 Å². The quantitative estimate of drug-likeness (QED) is 0.447. The van der Waals surface area contributed by atoms with Crippen LogP contribution in [0.15, 0.2) is 52.9 Å². The molecule has 0 aliphatic heterocycles. The van der Waals surface area contributed by atoms with Gasteiger partial charge in [-0.3, -0.25) is 4.79 Å². The van der Waals surface area contributed by atoms with Gasteiger partial charge in [0.2, 0.25) is 11.0 Å². The second kappa shape index (κ2) is 8.00. The largest absolute Gasteiger partial charge is 0.508 e. The summed E-state index contributed by atoms with van der Waals surface area (Å²) in [4.78, 5) is 11.9. The van der Waals surface area contributed by atoms with Crippen LogP contribution in [-0.4, -0.2) is 27.0 Å². The van der Waals surface area contributed by atoms with E-state index in [1.54, 1.807) is 12.1 Å². The first kappa shape index (κ1) is 17.2. The third kappa shape index (κ3) is 5.20. The van der Waals surface area contributed by atoms with Gasteiger partial charge in [0.25, 0.3) is 0 Å². The van der Waals surface area contributed by atoms with E-state index in [1.165, 1.54) is 40.8 Å². The van der Waals surface area contributed by atoms with Crippen molar-refractivity contribution in [3.8, 4) is 5.75 Å². The van der Waals surface area contributed by atoms with Crippen LogP contribution in [0, 0.1) is 6.92 Å². The first-order chi connectivity index (χ1) is 12.1. The summed E-state index contributed by atoms with van der Waals surface area (Å²) in [7, 11) is 0. The number of nitrogens with zero attached hydrogens (tertiary/aromatic N) is 2. The molecule has 1 heterocycles. The van der Waals surface area contributed by atoms with Gasteiger partial charge in [-0.25, -0.2) is 0 Å². The number of carbonyl (C=O) groups excluding carboxylic acids is 1. The highest BCUT2D eigenvalue weighted by Crippen LogP contribution is 2.27. The predicted molar refractivity (Wildman–Crippen MR) is 102 cm³/mol.